The normalized spacial score (nSPS) is 13.3. The van der Waals surface area contributed by atoms with Crippen LogP contribution in [0, 0.1) is 5.82 Å². The number of rotatable bonds is 7. The van der Waals surface area contributed by atoms with E-state index in [9.17, 15) is 19.7 Å². The Labute approximate surface area is 194 Å². The summed E-state index contributed by atoms with van der Waals surface area (Å²) in [5, 5.41) is 31.2. The molecule has 0 aromatic heterocycles. The minimum absolute atomic E-state index is 0.0747. The van der Waals surface area contributed by atoms with Crippen molar-refractivity contribution in [2.75, 3.05) is 0 Å². The summed E-state index contributed by atoms with van der Waals surface area (Å²) in [6.45, 7) is 7.90. The van der Waals surface area contributed by atoms with Gasteiger partial charge in [-0.3, -0.25) is 0 Å². The van der Waals surface area contributed by atoms with Gasteiger partial charge in [0, 0.05) is 11.1 Å². The standard InChI is InChI=1S/C27H30ClFO3/c1-15(2)20-14-18(8-10-22(20)30)12-16(3)26-24(32)11-9-19(27(26)28)13-17(4)25-21(29)6-5-7-23(25)31/h5-11,14-17,30-32H,12-13H2,1-4H3. The predicted octanol–water partition coefficient (Wildman–Crippen LogP) is 7.41. The number of halogens is 2. The van der Waals surface area contributed by atoms with Crippen LogP contribution in [0.5, 0.6) is 17.2 Å². The molecule has 3 N–H and O–H groups in total. The molecule has 3 aromatic rings. The van der Waals surface area contributed by atoms with E-state index in [4.69, 9.17) is 11.6 Å². The highest BCUT2D eigenvalue weighted by Crippen LogP contribution is 2.40. The maximum Gasteiger partial charge on any atom is 0.130 e. The van der Waals surface area contributed by atoms with Crippen LogP contribution in [0.2, 0.25) is 5.02 Å². The first kappa shape index (κ1) is 23.9. The quantitative estimate of drug-likeness (QED) is 0.346. The molecule has 2 atom stereocenters. The van der Waals surface area contributed by atoms with Crippen LogP contribution in [-0.4, -0.2) is 15.3 Å². The van der Waals surface area contributed by atoms with Gasteiger partial charge in [-0.05, 0) is 71.6 Å². The third-order valence-corrected chi connectivity index (χ3v) is 6.48. The van der Waals surface area contributed by atoms with E-state index in [1.807, 2.05) is 39.8 Å². The van der Waals surface area contributed by atoms with Crippen molar-refractivity contribution in [1.82, 2.24) is 0 Å². The number of hydrogen-bond acceptors (Lipinski definition) is 3. The number of phenolic OH excluding ortho intramolecular Hbond substituents is 3. The second-order valence-electron chi connectivity index (χ2n) is 8.90. The van der Waals surface area contributed by atoms with Gasteiger partial charge < -0.3 is 15.3 Å². The van der Waals surface area contributed by atoms with Gasteiger partial charge >= 0.3 is 0 Å². The second kappa shape index (κ2) is 9.83. The summed E-state index contributed by atoms with van der Waals surface area (Å²) in [6.07, 6.45) is 1.06. The number of benzene rings is 3. The topological polar surface area (TPSA) is 60.7 Å². The molecule has 0 amide bonds. The largest absolute Gasteiger partial charge is 0.508 e. The molecule has 0 aliphatic carbocycles. The molecule has 0 bridgehead atoms. The third kappa shape index (κ3) is 5.02. The first-order valence-electron chi connectivity index (χ1n) is 10.9. The zero-order chi connectivity index (χ0) is 23.6. The molecular weight excluding hydrogens is 427 g/mol. The first-order chi connectivity index (χ1) is 15.1. The lowest BCUT2D eigenvalue weighted by molar-refractivity contribution is 0.450. The fraction of sp³-hybridized carbons (Fsp3) is 0.333. The Morgan fingerprint density at radius 1 is 0.781 bits per heavy atom. The van der Waals surface area contributed by atoms with Gasteiger partial charge in [-0.1, -0.05) is 63.6 Å². The van der Waals surface area contributed by atoms with Crippen molar-refractivity contribution >= 4 is 11.6 Å². The number of hydrogen-bond donors (Lipinski definition) is 3. The second-order valence-corrected chi connectivity index (χ2v) is 9.28. The Kier molecular flexibility index (Phi) is 7.35. The van der Waals surface area contributed by atoms with Crippen LogP contribution in [0.4, 0.5) is 4.39 Å². The molecule has 0 aliphatic rings. The zero-order valence-corrected chi connectivity index (χ0v) is 19.6. The van der Waals surface area contributed by atoms with Crippen LogP contribution in [-0.2, 0) is 12.8 Å². The molecule has 0 heterocycles. The Hall–Kier alpha value is -2.72. The molecule has 3 nitrogen and oxygen atoms in total. The smallest absolute Gasteiger partial charge is 0.130 e. The van der Waals surface area contributed by atoms with Gasteiger partial charge in [0.15, 0.2) is 0 Å². The predicted molar refractivity (Wildman–Crippen MR) is 128 cm³/mol. The fourth-order valence-corrected chi connectivity index (χ4v) is 4.77. The molecule has 5 heteroatoms. The van der Waals surface area contributed by atoms with E-state index in [1.54, 1.807) is 18.2 Å². The van der Waals surface area contributed by atoms with Gasteiger partial charge in [-0.25, -0.2) is 4.39 Å². The van der Waals surface area contributed by atoms with E-state index in [0.717, 1.165) is 16.7 Å². The monoisotopic (exact) mass is 456 g/mol. The Morgan fingerprint density at radius 3 is 2.06 bits per heavy atom. The molecule has 3 rings (SSSR count). The van der Waals surface area contributed by atoms with Crippen LogP contribution in [0.3, 0.4) is 0 Å². The molecule has 0 fully saturated rings. The fourth-order valence-electron chi connectivity index (χ4n) is 4.35. The lowest BCUT2D eigenvalue weighted by Gasteiger charge is -2.21. The van der Waals surface area contributed by atoms with Crippen LogP contribution >= 0.6 is 11.6 Å². The highest BCUT2D eigenvalue weighted by Gasteiger charge is 2.22. The highest BCUT2D eigenvalue weighted by atomic mass is 35.5. The summed E-state index contributed by atoms with van der Waals surface area (Å²) < 4.78 is 14.3. The van der Waals surface area contributed by atoms with Crippen LogP contribution in [0.1, 0.15) is 73.3 Å². The molecule has 0 saturated heterocycles. The van der Waals surface area contributed by atoms with Gasteiger partial charge in [0.25, 0.3) is 0 Å². The van der Waals surface area contributed by atoms with Gasteiger partial charge in [-0.15, -0.1) is 0 Å². The van der Waals surface area contributed by atoms with Crippen LogP contribution in [0.15, 0.2) is 48.5 Å². The van der Waals surface area contributed by atoms with E-state index >= 15 is 0 Å². The average molecular weight is 457 g/mol. The number of phenols is 3. The summed E-state index contributed by atoms with van der Waals surface area (Å²) in [4.78, 5) is 0. The van der Waals surface area contributed by atoms with E-state index in [0.29, 0.717) is 23.4 Å². The average Bonchev–Trinajstić information content (AvgIpc) is 2.71. The van der Waals surface area contributed by atoms with Crippen molar-refractivity contribution in [3.05, 3.63) is 87.2 Å². The summed E-state index contributed by atoms with van der Waals surface area (Å²) in [6, 6.07) is 13.2. The van der Waals surface area contributed by atoms with Gasteiger partial charge in [0.1, 0.15) is 23.1 Å². The van der Waals surface area contributed by atoms with Crippen molar-refractivity contribution in [1.29, 1.82) is 0 Å². The van der Waals surface area contributed by atoms with E-state index < -0.39 is 5.82 Å². The first-order valence-corrected chi connectivity index (χ1v) is 11.3. The molecule has 32 heavy (non-hydrogen) atoms. The minimum atomic E-state index is -0.450. The van der Waals surface area contributed by atoms with Crippen LogP contribution in [0.25, 0.3) is 0 Å². The van der Waals surface area contributed by atoms with Gasteiger partial charge in [-0.2, -0.15) is 0 Å². The maximum atomic E-state index is 14.3. The van der Waals surface area contributed by atoms with E-state index in [2.05, 4.69) is 0 Å². The molecule has 0 spiro atoms. The molecule has 2 unspecified atom stereocenters. The SMILES string of the molecule is CC(C)c1cc(CC(C)c2c(O)ccc(CC(C)c3c(O)cccc3F)c2Cl)ccc1O. The van der Waals surface area contributed by atoms with E-state index in [1.165, 1.54) is 18.2 Å². The molecular formula is C27H30ClFO3. The van der Waals surface area contributed by atoms with Crippen molar-refractivity contribution < 1.29 is 19.7 Å². The lowest BCUT2D eigenvalue weighted by atomic mass is 9.87. The van der Waals surface area contributed by atoms with Crippen molar-refractivity contribution in [3.63, 3.8) is 0 Å². The van der Waals surface area contributed by atoms with Crippen LogP contribution < -0.4 is 0 Å². The molecule has 0 radical (unpaired) electrons. The molecule has 0 saturated carbocycles. The minimum Gasteiger partial charge on any atom is -0.508 e. The molecule has 170 valence electrons. The van der Waals surface area contributed by atoms with Crippen molar-refractivity contribution in [2.24, 2.45) is 0 Å². The third-order valence-electron chi connectivity index (χ3n) is 6.03. The number of aromatic hydroxyl groups is 3. The van der Waals surface area contributed by atoms with Crippen molar-refractivity contribution in [3.8, 4) is 17.2 Å². The summed E-state index contributed by atoms with van der Waals surface area (Å²) in [7, 11) is 0. The molecule has 3 aromatic carbocycles. The maximum absolute atomic E-state index is 14.3. The van der Waals surface area contributed by atoms with E-state index in [-0.39, 0.29) is 40.6 Å². The summed E-state index contributed by atoms with van der Waals surface area (Å²) >= 11 is 6.74. The van der Waals surface area contributed by atoms with Crippen molar-refractivity contribution in [2.45, 2.75) is 58.3 Å². The van der Waals surface area contributed by atoms with Gasteiger partial charge in [0.05, 0.1) is 5.02 Å². The Balaban J connectivity index is 1.88. The Morgan fingerprint density at radius 2 is 1.41 bits per heavy atom. The van der Waals surface area contributed by atoms with Gasteiger partial charge in [0.2, 0.25) is 0 Å². The molecule has 0 aliphatic heterocycles. The summed E-state index contributed by atoms with van der Waals surface area (Å²) in [5.74, 6) is -0.304. The summed E-state index contributed by atoms with van der Waals surface area (Å²) in [5.41, 5.74) is 3.63. The Bertz CT molecular complexity index is 1090. The lowest BCUT2D eigenvalue weighted by Crippen LogP contribution is -2.06. The highest BCUT2D eigenvalue weighted by molar-refractivity contribution is 6.32. The zero-order valence-electron chi connectivity index (χ0n) is 18.9.